The third-order valence-electron chi connectivity index (χ3n) is 9.59. The largest absolute Gasteiger partial charge is 0.495 e. The number of aromatic nitrogens is 1. The molecular weight excluding hydrogens is 579 g/mol. The van der Waals surface area contributed by atoms with Gasteiger partial charge in [-0.05, 0) is 83.6 Å². The van der Waals surface area contributed by atoms with Crippen molar-refractivity contribution >= 4 is 30.0 Å². The minimum Gasteiger partial charge on any atom is -0.399 e. The second-order valence-electron chi connectivity index (χ2n) is 13.2. The number of alkyl halides is 3. The van der Waals surface area contributed by atoms with Crippen molar-refractivity contribution in [2.45, 2.75) is 102 Å². The number of ether oxygens (including phenoxy) is 1. The molecule has 1 aromatic carbocycles. The fourth-order valence-corrected chi connectivity index (χ4v) is 6.27. The van der Waals surface area contributed by atoms with Gasteiger partial charge in [-0.3, -0.25) is 9.79 Å². The molecule has 236 valence electrons. The van der Waals surface area contributed by atoms with E-state index in [0.29, 0.717) is 29.6 Å². The Morgan fingerprint density at radius 2 is 1.89 bits per heavy atom. The van der Waals surface area contributed by atoms with Gasteiger partial charge in [0.25, 0.3) is 5.91 Å². The van der Waals surface area contributed by atoms with Gasteiger partial charge < -0.3 is 24.3 Å². The lowest BCUT2D eigenvalue weighted by molar-refractivity contribution is -0.141. The van der Waals surface area contributed by atoms with Crippen LogP contribution in [0.4, 0.5) is 23.2 Å². The van der Waals surface area contributed by atoms with Crippen molar-refractivity contribution in [3.63, 3.8) is 0 Å². The Kier molecular flexibility index (Phi) is 6.53. The smallest absolute Gasteiger partial charge is 0.399 e. The maximum absolute atomic E-state index is 15.8. The number of anilines is 1. The number of nitrogens with zero attached hydrogens (tertiary/aromatic N) is 3. The molecule has 13 heteroatoms. The van der Waals surface area contributed by atoms with Gasteiger partial charge >= 0.3 is 13.3 Å². The molecule has 0 unspecified atom stereocenters. The molecule has 0 bridgehead atoms. The highest BCUT2D eigenvalue weighted by molar-refractivity contribution is 6.62. The molecule has 3 fully saturated rings. The number of rotatable bonds is 6. The molecule has 0 radical (unpaired) electrons. The van der Waals surface area contributed by atoms with Crippen molar-refractivity contribution in [1.82, 2.24) is 10.3 Å². The number of piperidine rings is 1. The van der Waals surface area contributed by atoms with Crippen LogP contribution in [0.5, 0.6) is 0 Å². The Morgan fingerprint density at radius 1 is 1.18 bits per heavy atom. The molecular formula is C31H37BF4N4O4. The van der Waals surface area contributed by atoms with Crippen LogP contribution in [0, 0.1) is 5.82 Å². The third kappa shape index (κ3) is 5.30. The molecule has 1 N–H and O–H groups in total. The third-order valence-corrected chi connectivity index (χ3v) is 9.59. The van der Waals surface area contributed by atoms with E-state index in [-0.39, 0.29) is 48.3 Å². The number of amides is 1. The van der Waals surface area contributed by atoms with E-state index >= 15 is 4.39 Å². The zero-order valence-corrected chi connectivity index (χ0v) is 25.3. The van der Waals surface area contributed by atoms with Gasteiger partial charge in [0.15, 0.2) is 0 Å². The molecule has 2 saturated heterocycles. The fourth-order valence-electron chi connectivity index (χ4n) is 6.27. The van der Waals surface area contributed by atoms with Gasteiger partial charge in [-0.15, -0.1) is 0 Å². The summed E-state index contributed by atoms with van der Waals surface area (Å²) in [7, 11) is -3.64. The normalized spacial score (nSPS) is 27.7. The topological polar surface area (TPSA) is 85.3 Å². The van der Waals surface area contributed by atoms with Crippen LogP contribution in [-0.2, 0) is 31.6 Å². The summed E-state index contributed by atoms with van der Waals surface area (Å²) in [5.41, 5.74) is -2.09. The highest BCUT2D eigenvalue weighted by atomic mass is 19.4. The number of carbonyl (C=O) groups is 1. The van der Waals surface area contributed by atoms with Crippen molar-refractivity contribution in [1.29, 1.82) is 0 Å². The lowest BCUT2D eigenvalue weighted by Crippen LogP contribution is -2.53. The summed E-state index contributed by atoms with van der Waals surface area (Å²) in [6.45, 7) is 9.08. The van der Waals surface area contributed by atoms with Crippen molar-refractivity contribution in [2.75, 3.05) is 18.5 Å². The van der Waals surface area contributed by atoms with E-state index in [0.717, 1.165) is 6.07 Å². The van der Waals surface area contributed by atoms with Gasteiger partial charge in [0, 0.05) is 48.8 Å². The first-order valence-corrected chi connectivity index (χ1v) is 14.8. The van der Waals surface area contributed by atoms with Crippen LogP contribution < -0.4 is 15.7 Å². The number of hydrogen-bond donors (Lipinski definition) is 1. The monoisotopic (exact) mass is 619 g/mol. The molecule has 1 saturated carbocycles. The molecule has 2 aromatic rings. The molecule has 4 heterocycles. The highest BCUT2D eigenvalue weighted by Crippen LogP contribution is 2.44. The molecule has 2 atom stereocenters. The first kappa shape index (κ1) is 27.3. The van der Waals surface area contributed by atoms with Gasteiger partial charge in [-0.25, -0.2) is 9.37 Å². The number of pyridine rings is 1. The van der Waals surface area contributed by atoms with E-state index in [1.54, 1.807) is 6.07 Å². The quantitative estimate of drug-likeness (QED) is 0.367. The van der Waals surface area contributed by atoms with Crippen LogP contribution in [0.2, 0.25) is 0 Å². The first-order chi connectivity index (χ1) is 21.7. The molecule has 1 spiro atoms. The Morgan fingerprint density at radius 3 is 2.50 bits per heavy atom. The number of nitrogens with one attached hydrogen (secondary N) is 1. The summed E-state index contributed by atoms with van der Waals surface area (Å²) in [4.78, 5) is 24.1. The Bertz CT molecular complexity index is 1620. The van der Waals surface area contributed by atoms with E-state index in [1.807, 2.05) is 39.5 Å². The zero-order valence-electron chi connectivity index (χ0n) is 28.3. The van der Waals surface area contributed by atoms with Gasteiger partial charge in [0.05, 0.1) is 27.6 Å². The number of benzene rings is 1. The summed E-state index contributed by atoms with van der Waals surface area (Å²) in [5.74, 6) is -1.00. The van der Waals surface area contributed by atoms with Gasteiger partial charge in [0.1, 0.15) is 22.9 Å². The Labute approximate surface area is 258 Å². The van der Waals surface area contributed by atoms with Gasteiger partial charge in [0.2, 0.25) is 0 Å². The molecule has 8 nitrogen and oxygen atoms in total. The predicted molar refractivity (Wildman–Crippen MR) is 157 cm³/mol. The van der Waals surface area contributed by atoms with E-state index in [9.17, 15) is 18.0 Å². The molecule has 1 amide bonds. The highest BCUT2D eigenvalue weighted by Gasteiger charge is 2.53. The van der Waals surface area contributed by atoms with E-state index < -0.39 is 61.2 Å². The maximum atomic E-state index is 15.8. The van der Waals surface area contributed by atoms with Gasteiger partial charge in [-0.2, -0.15) is 13.2 Å². The second kappa shape index (κ2) is 10.5. The van der Waals surface area contributed by atoms with Crippen LogP contribution in [0.1, 0.15) is 92.8 Å². The molecule has 4 aliphatic rings. The minimum absolute atomic E-state index is 0.0363. The predicted octanol–water partition coefficient (Wildman–Crippen LogP) is 4.87. The molecule has 6 rings (SSSR count). The van der Waals surface area contributed by atoms with Crippen molar-refractivity contribution < 1.29 is 40.5 Å². The summed E-state index contributed by atoms with van der Waals surface area (Å²) in [6, 6.07) is 4.79. The second-order valence-corrected chi connectivity index (χ2v) is 13.2. The Balaban J connectivity index is 1.32. The van der Waals surface area contributed by atoms with Crippen molar-refractivity contribution in [3.8, 4) is 0 Å². The fraction of sp³-hybridized carbons (Fsp3) is 0.581. The average molecular weight is 619 g/mol. The summed E-state index contributed by atoms with van der Waals surface area (Å²) in [6.07, 6.45) is -2.78. The number of amidine groups is 1. The van der Waals surface area contributed by atoms with Crippen LogP contribution >= 0.6 is 0 Å². The standard InChI is InChI=1S/C31H37BF4N4O4/c1-17-15-30(27(41)38-26(39-30)20-9-10-24(31(34,35)36)37-25(20)18-7-8-18)11-12-40(17)23-14-19(13-22(33)21(23)16-42-6)32-43-28(2,3)29(4,5)44-32/h9-10,13-14,17-18H,7-8,11-12,15-16H2,1-6H3,(H,38,39,41)/t17-,30+/m0/s1/i6D3. The lowest BCUT2D eigenvalue weighted by Gasteiger charge is -2.43. The van der Waals surface area contributed by atoms with E-state index in [1.165, 1.54) is 12.1 Å². The number of halogens is 4. The molecule has 1 aliphatic carbocycles. The maximum Gasteiger partial charge on any atom is 0.495 e. The summed E-state index contributed by atoms with van der Waals surface area (Å²) in [5, 5.41) is 2.80. The number of methoxy groups -OCH3 is 1. The van der Waals surface area contributed by atoms with E-state index in [4.69, 9.17) is 23.2 Å². The van der Waals surface area contributed by atoms with Crippen molar-refractivity contribution in [2.24, 2.45) is 4.99 Å². The van der Waals surface area contributed by atoms with Crippen LogP contribution in [0.25, 0.3) is 0 Å². The summed E-state index contributed by atoms with van der Waals surface area (Å²) >= 11 is 0. The van der Waals surface area contributed by atoms with Gasteiger partial charge in [-0.1, -0.05) is 0 Å². The molecule has 3 aliphatic heterocycles. The number of aliphatic imine (C=N–C) groups is 1. The molecule has 44 heavy (non-hydrogen) atoms. The summed E-state index contributed by atoms with van der Waals surface area (Å²) < 4.78 is 96.0. The van der Waals surface area contributed by atoms with E-state index in [2.05, 4.69) is 10.3 Å². The molecule has 1 aromatic heterocycles. The minimum atomic E-state index is -4.60. The van der Waals surface area contributed by atoms with Crippen LogP contribution in [-0.4, -0.2) is 60.2 Å². The van der Waals surface area contributed by atoms with Crippen LogP contribution in [0.15, 0.2) is 29.3 Å². The zero-order chi connectivity index (χ0) is 34.3. The number of carbonyl (C=O) groups excluding carboxylic acids is 1. The lowest BCUT2D eigenvalue weighted by atomic mass is 9.77. The Hall–Kier alpha value is -3.03. The number of hydrogen-bond acceptors (Lipinski definition) is 7. The van der Waals surface area contributed by atoms with Crippen molar-refractivity contribution in [3.05, 3.63) is 52.6 Å². The average Bonchev–Trinajstić information content (AvgIpc) is 3.71. The van der Waals surface area contributed by atoms with Crippen LogP contribution in [0.3, 0.4) is 0 Å². The first-order valence-electron chi connectivity index (χ1n) is 16.3. The SMILES string of the molecule is [2H]C([2H])([2H])OCc1c(F)cc(B2OC(C)(C)C(C)(C)O2)cc1N1CC[C@]2(C[C@@H]1C)N=C(c1ccc(C(F)(F)F)nc1C1CC1)NC2=O.